The van der Waals surface area contributed by atoms with Crippen LogP contribution in [0.3, 0.4) is 0 Å². The van der Waals surface area contributed by atoms with Gasteiger partial charge in [-0.2, -0.15) is 0 Å². The maximum atomic E-state index is 12.2. The van der Waals surface area contributed by atoms with Gasteiger partial charge >= 0.3 is 5.69 Å². The molecule has 1 saturated heterocycles. The minimum Gasteiger partial charge on any atom is -0.316 e. The highest BCUT2D eigenvalue weighted by atomic mass is 32.2. The molecule has 2 rings (SSSR count). The second-order valence-corrected chi connectivity index (χ2v) is 6.70. The van der Waals surface area contributed by atoms with Crippen molar-refractivity contribution < 1.29 is 8.42 Å². The lowest BCUT2D eigenvalue weighted by molar-refractivity contribution is 0.534. The average molecular weight is 302 g/mol. The van der Waals surface area contributed by atoms with Crippen LogP contribution in [0, 0.1) is 5.92 Å². The van der Waals surface area contributed by atoms with Crippen molar-refractivity contribution in [3.8, 4) is 0 Å². The van der Waals surface area contributed by atoms with Crippen molar-refractivity contribution >= 4 is 10.0 Å². The van der Waals surface area contributed by atoms with E-state index in [0.717, 1.165) is 34.8 Å². The molecule has 8 nitrogen and oxygen atoms in total. The van der Waals surface area contributed by atoms with Crippen molar-refractivity contribution in [1.29, 1.82) is 0 Å². The van der Waals surface area contributed by atoms with Crippen molar-refractivity contribution in [3.05, 3.63) is 27.0 Å². The van der Waals surface area contributed by atoms with Crippen LogP contribution in [-0.4, -0.2) is 37.2 Å². The summed E-state index contributed by atoms with van der Waals surface area (Å²) in [5.74, 6) is 0.223. The first-order chi connectivity index (χ1) is 9.33. The molecule has 1 atom stereocenters. The molecule has 0 saturated carbocycles. The van der Waals surface area contributed by atoms with E-state index in [1.165, 1.54) is 14.1 Å². The SMILES string of the molecule is Cn1cc(S(=O)(=O)NCC2CCNC2)c(=O)n(C)c1=O. The van der Waals surface area contributed by atoms with Crippen molar-refractivity contribution in [3.63, 3.8) is 0 Å². The smallest absolute Gasteiger partial charge is 0.316 e. The molecule has 112 valence electrons. The average Bonchev–Trinajstić information content (AvgIpc) is 2.91. The summed E-state index contributed by atoms with van der Waals surface area (Å²) in [6.45, 7) is 1.91. The van der Waals surface area contributed by atoms with Gasteiger partial charge in [0.25, 0.3) is 5.56 Å². The molecule has 1 unspecified atom stereocenters. The Hall–Kier alpha value is -1.45. The fourth-order valence-electron chi connectivity index (χ4n) is 2.15. The van der Waals surface area contributed by atoms with Crippen molar-refractivity contribution in [2.75, 3.05) is 19.6 Å². The summed E-state index contributed by atoms with van der Waals surface area (Å²) in [6.07, 6.45) is 1.95. The lowest BCUT2D eigenvalue weighted by Gasteiger charge is -2.11. The van der Waals surface area contributed by atoms with Gasteiger partial charge in [0.15, 0.2) is 4.90 Å². The standard InChI is InChI=1S/C11H18N4O4S/c1-14-7-9(10(16)15(2)11(14)17)20(18,19)13-6-8-3-4-12-5-8/h7-8,12-13H,3-6H2,1-2H3. The molecular weight excluding hydrogens is 284 g/mol. The normalized spacial score (nSPS) is 19.4. The fraction of sp³-hybridized carbons (Fsp3) is 0.636. The third-order valence-electron chi connectivity index (χ3n) is 3.43. The van der Waals surface area contributed by atoms with E-state index < -0.39 is 26.2 Å². The highest BCUT2D eigenvalue weighted by Gasteiger charge is 2.23. The van der Waals surface area contributed by atoms with E-state index in [1.807, 2.05) is 0 Å². The summed E-state index contributed by atoms with van der Waals surface area (Å²) in [4.78, 5) is 23.0. The second kappa shape index (κ2) is 5.51. The van der Waals surface area contributed by atoms with Gasteiger partial charge in [-0.25, -0.2) is 17.9 Å². The molecule has 0 spiro atoms. The molecule has 1 aromatic rings. The van der Waals surface area contributed by atoms with Gasteiger partial charge in [-0.3, -0.25) is 9.36 Å². The third kappa shape index (κ3) is 2.84. The summed E-state index contributed by atoms with van der Waals surface area (Å²) < 4.78 is 28.6. The third-order valence-corrected chi connectivity index (χ3v) is 4.83. The maximum Gasteiger partial charge on any atom is 0.330 e. The molecule has 0 aliphatic carbocycles. The minimum absolute atomic E-state index is 0.223. The number of sulfonamides is 1. The first-order valence-electron chi connectivity index (χ1n) is 6.30. The van der Waals surface area contributed by atoms with Crippen LogP contribution < -0.4 is 21.3 Å². The minimum atomic E-state index is -3.91. The lowest BCUT2D eigenvalue weighted by atomic mass is 10.1. The molecule has 1 aliphatic rings. The Bertz CT molecular complexity index is 713. The number of hydrogen-bond donors (Lipinski definition) is 2. The summed E-state index contributed by atoms with van der Waals surface area (Å²) in [5.41, 5.74) is -1.38. The molecule has 2 N–H and O–H groups in total. The van der Waals surface area contributed by atoms with Crippen LogP contribution in [0.4, 0.5) is 0 Å². The molecule has 2 heterocycles. The van der Waals surface area contributed by atoms with Crippen LogP contribution in [0.2, 0.25) is 0 Å². The summed E-state index contributed by atoms with van der Waals surface area (Å²) in [5, 5.41) is 3.14. The molecule has 9 heteroatoms. The zero-order valence-corrected chi connectivity index (χ0v) is 12.2. The Kier molecular flexibility index (Phi) is 4.11. The number of hydrogen-bond acceptors (Lipinski definition) is 5. The van der Waals surface area contributed by atoms with E-state index >= 15 is 0 Å². The Morgan fingerprint density at radius 3 is 2.70 bits per heavy atom. The largest absolute Gasteiger partial charge is 0.330 e. The van der Waals surface area contributed by atoms with Crippen LogP contribution >= 0.6 is 0 Å². The summed E-state index contributed by atoms with van der Waals surface area (Å²) in [6, 6.07) is 0. The lowest BCUT2D eigenvalue weighted by Crippen LogP contribution is -2.42. The van der Waals surface area contributed by atoms with E-state index in [9.17, 15) is 18.0 Å². The quantitative estimate of drug-likeness (QED) is 0.668. The van der Waals surface area contributed by atoms with E-state index in [4.69, 9.17) is 0 Å². The van der Waals surface area contributed by atoms with Crippen molar-refractivity contribution in [1.82, 2.24) is 19.2 Å². The predicted octanol–water partition coefficient (Wildman–Crippen LogP) is -2.03. The maximum absolute atomic E-state index is 12.2. The fourth-order valence-corrected chi connectivity index (χ4v) is 3.43. The van der Waals surface area contributed by atoms with Gasteiger partial charge in [-0.05, 0) is 25.4 Å². The van der Waals surface area contributed by atoms with Gasteiger partial charge < -0.3 is 9.88 Å². The van der Waals surface area contributed by atoms with Gasteiger partial charge in [0.2, 0.25) is 10.0 Å². The molecule has 0 radical (unpaired) electrons. The van der Waals surface area contributed by atoms with Crippen LogP contribution in [0.1, 0.15) is 6.42 Å². The highest BCUT2D eigenvalue weighted by molar-refractivity contribution is 7.89. The summed E-state index contributed by atoms with van der Waals surface area (Å²) >= 11 is 0. The van der Waals surface area contributed by atoms with Crippen molar-refractivity contribution in [2.24, 2.45) is 20.0 Å². The topological polar surface area (TPSA) is 102 Å². The van der Waals surface area contributed by atoms with Gasteiger partial charge in [0.1, 0.15) is 0 Å². The second-order valence-electron chi connectivity index (χ2n) is 4.96. The molecule has 0 aromatic carbocycles. The Balaban J connectivity index is 2.30. The summed E-state index contributed by atoms with van der Waals surface area (Å²) in [7, 11) is -1.25. The molecule has 1 aliphatic heterocycles. The Labute approximate surface area is 116 Å². The zero-order valence-electron chi connectivity index (χ0n) is 11.4. The van der Waals surface area contributed by atoms with Crippen molar-refractivity contribution in [2.45, 2.75) is 11.3 Å². The zero-order chi connectivity index (χ0) is 14.9. The molecule has 1 aromatic heterocycles. The molecule has 1 fully saturated rings. The monoisotopic (exact) mass is 302 g/mol. The first kappa shape index (κ1) is 14.9. The Morgan fingerprint density at radius 2 is 2.10 bits per heavy atom. The molecule has 20 heavy (non-hydrogen) atoms. The predicted molar refractivity (Wildman–Crippen MR) is 73.1 cm³/mol. The highest BCUT2D eigenvalue weighted by Crippen LogP contribution is 2.07. The molecule has 0 amide bonds. The molecular formula is C11H18N4O4S. The van der Waals surface area contributed by atoms with E-state index in [-0.39, 0.29) is 12.5 Å². The van der Waals surface area contributed by atoms with Gasteiger partial charge in [0.05, 0.1) is 0 Å². The Morgan fingerprint density at radius 1 is 1.40 bits per heavy atom. The molecule has 0 bridgehead atoms. The number of aryl methyl sites for hydroxylation is 1. The van der Waals surface area contributed by atoms with E-state index in [1.54, 1.807) is 0 Å². The number of nitrogens with one attached hydrogen (secondary N) is 2. The van der Waals surface area contributed by atoms with Gasteiger partial charge in [-0.1, -0.05) is 0 Å². The van der Waals surface area contributed by atoms with Crippen LogP contribution in [0.5, 0.6) is 0 Å². The van der Waals surface area contributed by atoms with Gasteiger partial charge in [-0.15, -0.1) is 0 Å². The first-order valence-corrected chi connectivity index (χ1v) is 7.78. The number of aromatic nitrogens is 2. The van der Waals surface area contributed by atoms with Crippen LogP contribution in [-0.2, 0) is 24.1 Å². The van der Waals surface area contributed by atoms with E-state index in [0.29, 0.717) is 0 Å². The van der Waals surface area contributed by atoms with Crippen LogP contribution in [0.25, 0.3) is 0 Å². The van der Waals surface area contributed by atoms with E-state index in [2.05, 4.69) is 10.0 Å². The number of rotatable bonds is 4. The van der Waals surface area contributed by atoms with Crippen LogP contribution in [0.15, 0.2) is 20.7 Å². The van der Waals surface area contributed by atoms with Gasteiger partial charge in [0, 0.05) is 26.8 Å². The number of nitrogens with zero attached hydrogens (tertiary/aromatic N) is 2.